The highest BCUT2D eigenvalue weighted by molar-refractivity contribution is 6.31. The van der Waals surface area contributed by atoms with E-state index < -0.39 is 0 Å². The smallest absolute Gasteiger partial charge is 0.119 e. The number of fused-ring (bicyclic) bond motifs is 1. The Kier molecular flexibility index (Phi) is 7.59. The summed E-state index contributed by atoms with van der Waals surface area (Å²) in [5.74, 6) is 1.17. The second-order valence-electron chi connectivity index (χ2n) is 8.86. The molecule has 1 fully saturated rings. The molecule has 0 saturated carbocycles. The molecule has 160 valence electrons. The molecule has 0 aliphatic carbocycles. The maximum Gasteiger partial charge on any atom is 0.119 e. The van der Waals surface area contributed by atoms with Crippen LogP contribution in [0.3, 0.4) is 0 Å². The van der Waals surface area contributed by atoms with Gasteiger partial charge in [0.1, 0.15) is 6.29 Å². The number of benzene rings is 2. The molecule has 4 rings (SSSR count). The van der Waals surface area contributed by atoms with E-state index in [0.717, 1.165) is 69.7 Å². The van der Waals surface area contributed by atoms with E-state index in [1.54, 1.807) is 0 Å². The van der Waals surface area contributed by atoms with Gasteiger partial charge < -0.3 is 10.1 Å². The van der Waals surface area contributed by atoms with Crippen LogP contribution in [-0.4, -0.2) is 37.4 Å². The molecule has 2 heterocycles. The summed E-state index contributed by atoms with van der Waals surface area (Å²) in [4.78, 5) is 13.4. The monoisotopic (exact) mass is 424 g/mol. The lowest BCUT2D eigenvalue weighted by atomic mass is 9.77. The minimum atomic E-state index is 0.523. The van der Waals surface area contributed by atoms with Crippen LogP contribution in [0.2, 0.25) is 5.02 Å². The van der Waals surface area contributed by atoms with E-state index >= 15 is 0 Å². The molecule has 2 aliphatic rings. The van der Waals surface area contributed by atoms with E-state index in [1.165, 1.54) is 28.7 Å². The van der Waals surface area contributed by atoms with Crippen molar-refractivity contribution in [2.24, 2.45) is 5.92 Å². The summed E-state index contributed by atoms with van der Waals surface area (Å²) in [7, 11) is 0. The molecule has 1 saturated heterocycles. The number of nitrogens with one attached hydrogen (secondary N) is 1. The Balaban J connectivity index is 1.54. The number of hydrogen-bond donors (Lipinski definition) is 1. The first-order chi connectivity index (χ1) is 14.7. The summed E-state index contributed by atoms with van der Waals surface area (Å²) >= 11 is 6.44. The molecule has 2 unspecified atom stereocenters. The third-order valence-corrected chi connectivity index (χ3v) is 7.26. The van der Waals surface area contributed by atoms with E-state index in [0.29, 0.717) is 18.3 Å². The minimum absolute atomic E-state index is 0.523. The van der Waals surface area contributed by atoms with Crippen molar-refractivity contribution in [3.8, 4) is 0 Å². The van der Waals surface area contributed by atoms with Gasteiger partial charge in [-0.3, -0.25) is 4.90 Å². The zero-order valence-electron chi connectivity index (χ0n) is 17.8. The lowest BCUT2D eigenvalue weighted by Crippen LogP contribution is -2.39. The summed E-state index contributed by atoms with van der Waals surface area (Å²) in [5.41, 5.74) is 5.72. The number of halogens is 1. The van der Waals surface area contributed by atoms with E-state index in [2.05, 4.69) is 40.5 Å². The van der Waals surface area contributed by atoms with Gasteiger partial charge in [0.15, 0.2) is 0 Å². The van der Waals surface area contributed by atoms with Crippen molar-refractivity contribution in [2.75, 3.05) is 26.2 Å². The quantitative estimate of drug-likeness (QED) is 0.501. The maximum absolute atomic E-state index is 10.9. The van der Waals surface area contributed by atoms with Crippen molar-refractivity contribution in [1.82, 2.24) is 10.2 Å². The molecule has 1 N–H and O–H groups in total. The molecule has 0 radical (unpaired) electrons. The van der Waals surface area contributed by atoms with E-state index in [1.807, 2.05) is 12.1 Å². The van der Waals surface area contributed by atoms with Gasteiger partial charge in [0.2, 0.25) is 0 Å². The zero-order chi connectivity index (χ0) is 20.8. The van der Waals surface area contributed by atoms with E-state index in [4.69, 9.17) is 11.6 Å². The third kappa shape index (κ3) is 5.32. The standard InChI is InChI=1S/C26H33ClN2O/c27-26-7-2-1-6-24(26)18-29-15-12-21(5-3-4-16-30)25(19-29)23-9-8-20-10-13-28-14-11-22(20)17-23/h1-2,6-9,16-17,21,25,28H,3-5,10-15,18-19H2. The van der Waals surface area contributed by atoms with Gasteiger partial charge >= 0.3 is 0 Å². The fraction of sp³-hybridized carbons (Fsp3) is 0.500. The molecule has 2 atom stereocenters. The second kappa shape index (κ2) is 10.6. The summed E-state index contributed by atoms with van der Waals surface area (Å²) in [6.45, 7) is 5.22. The molecule has 3 nitrogen and oxygen atoms in total. The SMILES string of the molecule is O=CCCCC1CCN(Cc2ccccc2Cl)CC1c1ccc2c(c1)CCNCC2. The first-order valence-electron chi connectivity index (χ1n) is 11.5. The molecular weight excluding hydrogens is 392 g/mol. The van der Waals surface area contributed by atoms with Crippen molar-refractivity contribution >= 4 is 17.9 Å². The molecule has 4 heteroatoms. The normalized spacial score (nSPS) is 22.3. The average Bonchev–Trinajstić information content (AvgIpc) is 3.01. The Morgan fingerprint density at radius 2 is 1.93 bits per heavy atom. The van der Waals surface area contributed by atoms with Crippen LogP contribution in [0.4, 0.5) is 0 Å². The van der Waals surface area contributed by atoms with Crippen molar-refractivity contribution in [3.05, 3.63) is 69.7 Å². The van der Waals surface area contributed by atoms with Crippen LogP contribution < -0.4 is 5.32 Å². The number of aldehydes is 1. The summed E-state index contributed by atoms with van der Waals surface area (Å²) in [6, 6.07) is 15.4. The Morgan fingerprint density at radius 3 is 2.77 bits per heavy atom. The van der Waals surface area contributed by atoms with Gasteiger partial charge in [0.05, 0.1) is 0 Å². The number of carbonyl (C=O) groups excluding carboxylic acids is 1. The van der Waals surface area contributed by atoms with Crippen LogP contribution in [0.25, 0.3) is 0 Å². The minimum Gasteiger partial charge on any atom is -0.316 e. The van der Waals surface area contributed by atoms with Crippen LogP contribution in [0.15, 0.2) is 42.5 Å². The Hall–Kier alpha value is -1.68. The molecule has 30 heavy (non-hydrogen) atoms. The first-order valence-corrected chi connectivity index (χ1v) is 11.8. The van der Waals surface area contributed by atoms with Crippen molar-refractivity contribution in [2.45, 2.75) is 51.0 Å². The molecule has 2 aromatic carbocycles. The number of rotatable bonds is 7. The number of carbonyl (C=O) groups is 1. The van der Waals surface area contributed by atoms with Crippen LogP contribution in [0.1, 0.15) is 53.9 Å². The number of unbranched alkanes of at least 4 members (excludes halogenated alkanes) is 1. The largest absolute Gasteiger partial charge is 0.316 e. The molecule has 0 bridgehead atoms. The Labute approximate surface area is 185 Å². The van der Waals surface area contributed by atoms with Gasteiger partial charge in [0, 0.05) is 24.5 Å². The van der Waals surface area contributed by atoms with Crippen molar-refractivity contribution in [1.29, 1.82) is 0 Å². The number of likely N-dealkylation sites (tertiary alicyclic amines) is 1. The van der Waals surface area contributed by atoms with Gasteiger partial charge in [-0.1, -0.05) is 48.0 Å². The van der Waals surface area contributed by atoms with Gasteiger partial charge in [-0.25, -0.2) is 0 Å². The Bertz CT molecular complexity index is 853. The first kappa shape index (κ1) is 21.5. The number of piperidine rings is 1. The fourth-order valence-corrected chi connectivity index (χ4v) is 5.39. The number of hydrogen-bond acceptors (Lipinski definition) is 3. The van der Waals surface area contributed by atoms with Crippen molar-refractivity contribution < 1.29 is 4.79 Å². The Morgan fingerprint density at radius 1 is 1.10 bits per heavy atom. The van der Waals surface area contributed by atoms with Gasteiger partial charge in [0.25, 0.3) is 0 Å². The van der Waals surface area contributed by atoms with Gasteiger partial charge in [-0.2, -0.15) is 0 Å². The third-order valence-electron chi connectivity index (χ3n) is 6.89. The van der Waals surface area contributed by atoms with Gasteiger partial charge in [-0.15, -0.1) is 0 Å². The lowest BCUT2D eigenvalue weighted by molar-refractivity contribution is -0.108. The van der Waals surface area contributed by atoms with E-state index in [9.17, 15) is 4.79 Å². The topological polar surface area (TPSA) is 32.3 Å². The fourth-order valence-electron chi connectivity index (χ4n) is 5.19. The highest BCUT2D eigenvalue weighted by atomic mass is 35.5. The predicted octanol–water partition coefficient (Wildman–Crippen LogP) is 5.00. The molecule has 0 spiro atoms. The predicted molar refractivity (Wildman–Crippen MR) is 124 cm³/mol. The van der Waals surface area contributed by atoms with Crippen LogP contribution in [0.5, 0.6) is 0 Å². The second-order valence-corrected chi connectivity index (χ2v) is 9.26. The van der Waals surface area contributed by atoms with Crippen LogP contribution >= 0.6 is 11.6 Å². The lowest BCUT2D eigenvalue weighted by Gasteiger charge is -2.39. The average molecular weight is 425 g/mol. The highest BCUT2D eigenvalue weighted by Crippen LogP contribution is 2.37. The molecule has 0 aromatic heterocycles. The molecule has 2 aromatic rings. The van der Waals surface area contributed by atoms with Crippen LogP contribution in [-0.2, 0) is 24.2 Å². The van der Waals surface area contributed by atoms with E-state index in [-0.39, 0.29) is 0 Å². The number of nitrogens with zero attached hydrogens (tertiary/aromatic N) is 1. The maximum atomic E-state index is 10.9. The zero-order valence-corrected chi connectivity index (χ0v) is 18.5. The summed E-state index contributed by atoms with van der Waals surface area (Å²) in [6.07, 6.45) is 7.33. The summed E-state index contributed by atoms with van der Waals surface area (Å²) < 4.78 is 0. The highest BCUT2D eigenvalue weighted by Gasteiger charge is 2.30. The summed E-state index contributed by atoms with van der Waals surface area (Å²) in [5, 5.41) is 4.38. The van der Waals surface area contributed by atoms with Crippen LogP contribution in [0, 0.1) is 5.92 Å². The van der Waals surface area contributed by atoms with Gasteiger partial charge in [-0.05, 0) is 91.9 Å². The van der Waals surface area contributed by atoms with Crippen molar-refractivity contribution in [3.63, 3.8) is 0 Å². The molecular formula is C26H33ClN2O. The molecule has 0 amide bonds. The molecule has 2 aliphatic heterocycles.